The molecule has 2 rings (SSSR count). The van der Waals surface area contributed by atoms with E-state index in [1.54, 1.807) is 6.08 Å². The molecule has 0 amide bonds. The number of rotatable bonds is 1. The monoisotopic (exact) mass is 153 g/mol. The van der Waals surface area contributed by atoms with Crippen LogP contribution in [0.3, 0.4) is 0 Å². The summed E-state index contributed by atoms with van der Waals surface area (Å²) in [6.45, 7) is 0.285. The smallest absolute Gasteiger partial charge is 0.190 e. The first-order valence-electron chi connectivity index (χ1n) is 3.25. The fourth-order valence-corrected chi connectivity index (χ4v) is 1.17. The molecule has 1 atom stereocenters. The van der Waals surface area contributed by atoms with Crippen molar-refractivity contribution in [1.29, 1.82) is 0 Å². The lowest BCUT2D eigenvalue weighted by Gasteiger charge is -2.01. The van der Waals surface area contributed by atoms with Gasteiger partial charge in [0, 0.05) is 5.57 Å². The van der Waals surface area contributed by atoms with Crippen LogP contribution in [0.1, 0.15) is 0 Å². The van der Waals surface area contributed by atoms with Crippen molar-refractivity contribution < 1.29 is 14.7 Å². The predicted octanol–water partition coefficient (Wildman–Crippen LogP) is 0.643. The maximum Gasteiger partial charge on any atom is 0.190 e. The first-order chi connectivity index (χ1) is 5.42. The van der Waals surface area contributed by atoms with Gasteiger partial charge in [-0.15, -0.1) is 0 Å². The van der Waals surface area contributed by atoms with Gasteiger partial charge in [-0.25, -0.2) is 0 Å². The van der Waals surface area contributed by atoms with Crippen LogP contribution in [0.4, 0.5) is 0 Å². The average molecular weight is 153 g/mol. The zero-order valence-electron chi connectivity index (χ0n) is 5.73. The molecule has 0 saturated carbocycles. The minimum absolute atomic E-state index is 0.147. The van der Waals surface area contributed by atoms with Crippen molar-refractivity contribution in [2.75, 3.05) is 6.79 Å². The van der Waals surface area contributed by atoms with Crippen LogP contribution in [-0.4, -0.2) is 24.3 Å². The van der Waals surface area contributed by atoms with Crippen molar-refractivity contribution in [2.24, 2.45) is 5.16 Å². The fourth-order valence-electron chi connectivity index (χ4n) is 1.17. The number of hydrogen-bond donors (Lipinski definition) is 1. The minimum atomic E-state index is -0.147. The first-order valence-corrected chi connectivity index (χ1v) is 3.25. The highest BCUT2D eigenvalue weighted by Crippen LogP contribution is 2.27. The first kappa shape index (κ1) is 6.42. The zero-order chi connectivity index (χ0) is 7.68. The van der Waals surface area contributed by atoms with Crippen LogP contribution < -0.4 is 0 Å². The Kier molecular flexibility index (Phi) is 1.40. The summed E-state index contributed by atoms with van der Waals surface area (Å²) in [6.07, 6.45) is 4.82. The van der Waals surface area contributed by atoms with E-state index >= 15 is 0 Å². The topological polar surface area (TPSA) is 51.1 Å². The molecule has 0 aromatic rings. The van der Waals surface area contributed by atoms with E-state index in [2.05, 4.69) is 5.16 Å². The normalized spacial score (nSPS) is 28.2. The molecule has 1 aliphatic heterocycles. The Bertz CT molecular complexity index is 254. The van der Waals surface area contributed by atoms with Gasteiger partial charge in [0.2, 0.25) is 0 Å². The molecule has 0 bridgehead atoms. The van der Waals surface area contributed by atoms with Gasteiger partial charge < -0.3 is 14.7 Å². The summed E-state index contributed by atoms with van der Waals surface area (Å²) in [5.41, 5.74) is 0.819. The molecule has 1 N–H and O–H groups in total. The van der Waals surface area contributed by atoms with Gasteiger partial charge in [-0.1, -0.05) is 11.2 Å². The summed E-state index contributed by atoms with van der Waals surface area (Å²) in [4.78, 5) is 0. The maximum atomic E-state index is 8.26. The largest absolute Gasteiger partial charge is 0.469 e. The highest BCUT2D eigenvalue weighted by molar-refractivity contribution is 5.82. The van der Waals surface area contributed by atoms with E-state index in [0.717, 1.165) is 11.3 Å². The van der Waals surface area contributed by atoms with Crippen LogP contribution in [0, 0.1) is 0 Å². The molecular weight excluding hydrogens is 146 g/mol. The van der Waals surface area contributed by atoms with Crippen LogP contribution in [0.5, 0.6) is 0 Å². The van der Waals surface area contributed by atoms with Crippen molar-refractivity contribution in [3.05, 3.63) is 23.5 Å². The summed E-state index contributed by atoms with van der Waals surface area (Å²) >= 11 is 0. The molecule has 4 nitrogen and oxygen atoms in total. The molecule has 11 heavy (non-hydrogen) atoms. The Balaban J connectivity index is 2.18. The second-order valence-electron chi connectivity index (χ2n) is 2.29. The quantitative estimate of drug-likeness (QED) is 0.341. The molecule has 4 heteroatoms. The number of ether oxygens (including phenoxy) is 2. The molecule has 1 heterocycles. The second kappa shape index (κ2) is 2.39. The maximum absolute atomic E-state index is 8.26. The van der Waals surface area contributed by atoms with Crippen molar-refractivity contribution in [1.82, 2.24) is 0 Å². The van der Waals surface area contributed by atoms with Crippen LogP contribution in [0.2, 0.25) is 0 Å². The average Bonchev–Trinajstić information content (AvgIpc) is 2.53. The molecule has 0 radical (unpaired) electrons. The summed E-state index contributed by atoms with van der Waals surface area (Å²) in [7, 11) is 0. The van der Waals surface area contributed by atoms with Gasteiger partial charge in [0.25, 0.3) is 0 Å². The molecule has 2 aliphatic rings. The van der Waals surface area contributed by atoms with Gasteiger partial charge in [0.05, 0.1) is 6.21 Å². The van der Waals surface area contributed by atoms with Crippen molar-refractivity contribution in [3.8, 4) is 0 Å². The number of fused-ring (bicyclic) bond motifs is 1. The number of oxime groups is 1. The van der Waals surface area contributed by atoms with Crippen molar-refractivity contribution >= 4 is 6.21 Å². The van der Waals surface area contributed by atoms with Gasteiger partial charge in [-0.05, 0) is 6.08 Å². The van der Waals surface area contributed by atoms with Gasteiger partial charge in [-0.3, -0.25) is 0 Å². The van der Waals surface area contributed by atoms with E-state index in [1.807, 2.05) is 6.08 Å². The van der Waals surface area contributed by atoms with Gasteiger partial charge >= 0.3 is 0 Å². The molecular formula is C7H7NO3. The fraction of sp³-hybridized carbons (Fsp3) is 0.286. The SMILES string of the molecule is ON=CC1=CC=C2OCOC12. The standard InChI is InChI=1S/C7H7NO3/c9-8-3-5-1-2-6-7(5)11-4-10-6/h1-3,7,9H,4H2. The summed E-state index contributed by atoms with van der Waals surface area (Å²) in [5, 5.41) is 11.2. The van der Waals surface area contributed by atoms with Crippen LogP contribution in [-0.2, 0) is 9.47 Å². The Morgan fingerprint density at radius 1 is 1.64 bits per heavy atom. The van der Waals surface area contributed by atoms with Gasteiger partial charge in [0.1, 0.15) is 11.9 Å². The Hall–Kier alpha value is -1.29. The van der Waals surface area contributed by atoms with Crippen LogP contribution in [0.15, 0.2) is 28.6 Å². The second-order valence-corrected chi connectivity index (χ2v) is 2.29. The van der Waals surface area contributed by atoms with E-state index in [1.165, 1.54) is 6.21 Å². The molecule has 1 aliphatic carbocycles. The minimum Gasteiger partial charge on any atom is -0.469 e. The third kappa shape index (κ3) is 0.914. The lowest BCUT2D eigenvalue weighted by Crippen LogP contribution is -2.08. The molecule has 0 spiro atoms. The highest BCUT2D eigenvalue weighted by Gasteiger charge is 2.29. The molecule has 0 aromatic heterocycles. The third-order valence-electron chi connectivity index (χ3n) is 1.67. The lowest BCUT2D eigenvalue weighted by molar-refractivity contribution is 0.0608. The highest BCUT2D eigenvalue weighted by atomic mass is 16.7. The lowest BCUT2D eigenvalue weighted by atomic mass is 10.2. The van der Waals surface area contributed by atoms with Gasteiger partial charge in [0.15, 0.2) is 6.79 Å². The number of nitrogens with zero attached hydrogens (tertiary/aromatic N) is 1. The predicted molar refractivity (Wildman–Crippen MR) is 37.3 cm³/mol. The molecule has 58 valence electrons. The van der Waals surface area contributed by atoms with Crippen molar-refractivity contribution in [3.63, 3.8) is 0 Å². The van der Waals surface area contributed by atoms with Crippen LogP contribution in [0.25, 0.3) is 0 Å². The van der Waals surface area contributed by atoms with E-state index in [0.29, 0.717) is 0 Å². The van der Waals surface area contributed by atoms with Crippen LogP contribution >= 0.6 is 0 Å². The zero-order valence-corrected chi connectivity index (χ0v) is 5.73. The Morgan fingerprint density at radius 3 is 3.36 bits per heavy atom. The van der Waals surface area contributed by atoms with E-state index in [-0.39, 0.29) is 12.9 Å². The summed E-state index contributed by atoms with van der Waals surface area (Å²) in [6, 6.07) is 0. The Morgan fingerprint density at radius 2 is 2.55 bits per heavy atom. The molecule has 1 fully saturated rings. The van der Waals surface area contributed by atoms with Crippen molar-refractivity contribution in [2.45, 2.75) is 6.10 Å². The van der Waals surface area contributed by atoms with E-state index in [9.17, 15) is 0 Å². The number of allylic oxidation sites excluding steroid dienone is 2. The third-order valence-corrected chi connectivity index (χ3v) is 1.67. The van der Waals surface area contributed by atoms with E-state index in [4.69, 9.17) is 14.7 Å². The molecule has 0 aromatic carbocycles. The molecule has 1 saturated heterocycles. The summed E-state index contributed by atoms with van der Waals surface area (Å²) in [5.74, 6) is 0.792. The van der Waals surface area contributed by atoms with E-state index < -0.39 is 0 Å². The number of hydrogen-bond acceptors (Lipinski definition) is 4. The van der Waals surface area contributed by atoms with Gasteiger partial charge in [-0.2, -0.15) is 0 Å². The summed E-state index contributed by atoms with van der Waals surface area (Å²) < 4.78 is 10.3. The molecule has 1 unspecified atom stereocenters. The Labute approximate surface area is 63.4 Å².